The van der Waals surface area contributed by atoms with Gasteiger partial charge in [-0.1, -0.05) is 48.0 Å². The highest BCUT2D eigenvalue weighted by Gasteiger charge is 2.09. The Labute approximate surface area is 146 Å². The van der Waals surface area contributed by atoms with Crippen LogP contribution in [-0.4, -0.2) is 5.91 Å². The maximum absolute atomic E-state index is 12.1. The van der Waals surface area contributed by atoms with Crippen LogP contribution < -0.4 is 5.32 Å². The molecule has 0 spiro atoms. The number of hydrogen-bond acceptors (Lipinski definition) is 2. The van der Waals surface area contributed by atoms with Gasteiger partial charge < -0.3 is 9.73 Å². The van der Waals surface area contributed by atoms with Gasteiger partial charge in [-0.2, -0.15) is 0 Å². The molecule has 3 rings (SSSR count). The number of furan rings is 1. The minimum Gasteiger partial charge on any atom is -0.461 e. The van der Waals surface area contributed by atoms with Crippen molar-refractivity contribution in [2.24, 2.45) is 0 Å². The number of carbonyl (C=O) groups is 1. The SMILES string of the molecule is Cc1ccc(Cl)cc1NC(=O)CCc1ccc(-c2ccccc2)o1. The van der Waals surface area contributed by atoms with Crippen molar-refractivity contribution in [3.63, 3.8) is 0 Å². The summed E-state index contributed by atoms with van der Waals surface area (Å²) in [6, 6.07) is 19.2. The molecule has 0 aliphatic rings. The highest BCUT2D eigenvalue weighted by molar-refractivity contribution is 6.31. The van der Waals surface area contributed by atoms with Crippen LogP contribution in [0.2, 0.25) is 5.02 Å². The standard InChI is InChI=1S/C20H18ClNO2/c1-14-7-8-16(21)13-18(14)22-20(23)12-10-17-9-11-19(24-17)15-5-3-2-4-6-15/h2-9,11,13H,10,12H2,1H3,(H,22,23). The Morgan fingerprint density at radius 1 is 1.08 bits per heavy atom. The van der Waals surface area contributed by atoms with E-state index >= 15 is 0 Å². The second-order valence-corrected chi connectivity index (χ2v) is 6.08. The van der Waals surface area contributed by atoms with Crippen LogP contribution in [-0.2, 0) is 11.2 Å². The molecule has 2 aromatic carbocycles. The van der Waals surface area contributed by atoms with Crippen molar-refractivity contribution in [1.82, 2.24) is 0 Å². The van der Waals surface area contributed by atoms with Crippen molar-refractivity contribution in [3.05, 3.63) is 77.0 Å². The fourth-order valence-electron chi connectivity index (χ4n) is 2.45. The van der Waals surface area contributed by atoms with E-state index < -0.39 is 0 Å². The molecule has 0 saturated heterocycles. The fourth-order valence-corrected chi connectivity index (χ4v) is 2.62. The highest BCUT2D eigenvalue weighted by atomic mass is 35.5. The van der Waals surface area contributed by atoms with Gasteiger partial charge in [0.2, 0.25) is 5.91 Å². The van der Waals surface area contributed by atoms with E-state index in [4.69, 9.17) is 16.0 Å². The average Bonchev–Trinajstić information content (AvgIpc) is 3.06. The van der Waals surface area contributed by atoms with Crippen LogP contribution in [0.25, 0.3) is 11.3 Å². The third-order valence-electron chi connectivity index (χ3n) is 3.79. The first kappa shape index (κ1) is 16.3. The van der Waals surface area contributed by atoms with Crippen molar-refractivity contribution in [2.75, 3.05) is 5.32 Å². The van der Waals surface area contributed by atoms with Gasteiger partial charge in [0.25, 0.3) is 0 Å². The summed E-state index contributed by atoms with van der Waals surface area (Å²) in [5, 5.41) is 3.50. The molecule has 0 aliphatic carbocycles. The Hall–Kier alpha value is -2.52. The van der Waals surface area contributed by atoms with Gasteiger partial charge in [0.05, 0.1) is 0 Å². The van der Waals surface area contributed by atoms with Crippen molar-refractivity contribution in [2.45, 2.75) is 19.8 Å². The molecule has 0 radical (unpaired) electrons. The smallest absolute Gasteiger partial charge is 0.224 e. The summed E-state index contributed by atoms with van der Waals surface area (Å²) >= 11 is 5.97. The number of halogens is 1. The topological polar surface area (TPSA) is 42.2 Å². The van der Waals surface area contributed by atoms with Gasteiger partial charge in [0.1, 0.15) is 11.5 Å². The lowest BCUT2D eigenvalue weighted by Crippen LogP contribution is -2.13. The molecule has 4 heteroatoms. The lowest BCUT2D eigenvalue weighted by molar-refractivity contribution is -0.116. The van der Waals surface area contributed by atoms with E-state index in [1.165, 1.54) is 0 Å². The molecule has 0 aliphatic heterocycles. The third kappa shape index (κ3) is 4.06. The fraction of sp³-hybridized carbons (Fsp3) is 0.150. The van der Waals surface area contributed by atoms with E-state index in [1.807, 2.05) is 55.5 Å². The largest absolute Gasteiger partial charge is 0.461 e. The molecule has 1 heterocycles. The van der Waals surface area contributed by atoms with Crippen LogP contribution in [0.3, 0.4) is 0 Å². The molecule has 0 saturated carbocycles. The number of carbonyl (C=O) groups excluding carboxylic acids is 1. The molecule has 0 bridgehead atoms. The zero-order valence-corrected chi connectivity index (χ0v) is 14.1. The van der Waals surface area contributed by atoms with Crippen molar-refractivity contribution >= 4 is 23.2 Å². The highest BCUT2D eigenvalue weighted by Crippen LogP contribution is 2.23. The van der Waals surface area contributed by atoms with Crippen LogP contribution in [0.1, 0.15) is 17.7 Å². The predicted molar refractivity (Wildman–Crippen MR) is 97.3 cm³/mol. The summed E-state index contributed by atoms with van der Waals surface area (Å²) in [7, 11) is 0. The summed E-state index contributed by atoms with van der Waals surface area (Å²) in [5.41, 5.74) is 2.76. The van der Waals surface area contributed by atoms with E-state index in [-0.39, 0.29) is 5.91 Å². The van der Waals surface area contributed by atoms with Crippen LogP contribution in [0.4, 0.5) is 5.69 Å². The van der Waals surface area contributed by atoms with E-state index in [9.17, 15) is 4.79 Å². The lowest BCUT2D eigenvalue weighted by atomic mass is 10.2. The number of hydrogen-bond donors (Lipinski definition) is 1. The molecule has 0 unspecified atom stereocenters. The summed E-state index contributed by atoms with van der Waals surface area (Å²) in [6.07, 6.45) is 0.909. The zero-order valence-electron chi connectivity index (χ0n) is 13.4. The molecule has 24 heavy (non-hydrogen) atoms. The zero-order chi connectivity index (χ0) is 16.9. The van der Waals surface area contributed by atoms with E-state index in [1.54, 1.807) is 12.1 Å². The first-order valence-electron chi connectivity index (χ1n) is 7.82. The van der Waals surface area contributed by atoms with Gasteiger partial charge in [0, 0.05) is 29.1 Å². The van der Waals surface area contributed by atoms with Crippen molar-refractivity contribution < 1.29 is 9.21 Å². The Balaban J connectivity index is 1.59. The van der Waals surface area contributed by atoms with Gasteiger partial charge in [-0.15, -0.1) is 0 Å². The quantitative estimate of drug-likeness (QED) is 0.668. The van der Waals surface area contributed by atoms with Crippen LogP contribution >= 0.6 is 11.6 Å². The minimum atomic E-state index is -0.0574. The molecular formula is C20H18ClNO2. The van der Waals surface area contributed by atoms with Crippen molar-refractivity contribution in [1.29, 1.82) is 0 Å². The molecular weight excluding hydrogens is 322 g/mol. The van der Waals surface area contributed by atoms with Gasteiger partial charge in [-0.3, -0.25) is 4.79 Å². The van der Waals surface area contributed by atoms with E-state index in [2.05, 4.69) is 5.32 Å². The number of aryl methyl sites for hydroxylation is 2. The van der Waals surface area contributed by atoms with E-state index in [0.29, 0.717) is 17.9 Å². The first-order chi connectivity index (χ1) is 11.6. The van der Waals surface area contributed by atoms with Crippen LogP contribution in [0, 0.1) is 6.92 Å². The molecule has 1 N–H and O–H groups in total. The number of anilines is 1. The monoisotopic (exact) mass is 339 g/mol. The van der Waals surface area contributed by atoms with E-state index in [0.717, 1.165) is 28.3 Å². The second kappa shape index (κ2) is 7.37. The number of benzene rings is 2. The van der Waals surface area contributed by atoms with Gasteiger partial charge >= 0.3 is 0 Å². The van der Waals surface area contributed by atoms with Gasteiger partial charge in [0.15, 0.2) is 0 Å². The van der Waals surface area contributed by atoms with Gasteiger partial charge in [-0.05, 0) is 36.8 Å². The summed E-state index contributed by atoms with van der Waals surface area (Å²) < 4.78 is 5.81. The molecule has 3 nitrogen and oxygen atoms in total. The second-order valence-electron chi connectivity index (χ2n) is 5.64. The molecule has 1 amide bonds. The summed E-state index contributed by atoms with van der Waals surface area (Å²) in [5.74, 6) is 1.56. The maximum atomic E-state index is 12.1. The number of rotatable bonds is 5. The van der Waals surface area contributed by atoms with Crippen molar-refractivity contribution in [3.8, 4) is 11.3 Å². The predicted octanol–water partition coefficient (Wildman–Crippen LogP) is 5.48. The Morgan fingerprint density at radius 2 is 1.88 bits per heavy atom. The normalized spacial score (nSPS) is 10.6. The summed E-state index contributed by atoms with van der Waals surface area (Å²) in [4.78, 5) is 12.1. The lowest BCUT2D eigenvalue weighted by Gasteiger charge is -2.08. The Morgan fingerprint density at radius 3 is 2.67 bits per heavy atom. The summed E-state index contributed by atoms with van der Waals surface area (Å²) in [6.45, 7) is 1.94. The molecule has 122 valence electrons. The molecule has 3 aromatic rings. The Bertz CT molecular complexity index is 840. The first-order valence-corrected chi connectivity index (χ1v) is 8.20. The molecule has 0 atom stereocenters. The Kier molecular flexibility index (Phi) is 5.02. The van der Waals surface area contributed by atoms with Crippen LogP contribution in [0.5, 0.6) is 0 Å². The maximum Gasteiger partial charge on any atom is 0.224 e. The number of nitrogens with one attached hydrogen (secondary N) is 1. The number of amides is 1. The van der Waals surface area contributed by atoms with Gasteiger partial charge in [-0.25, -0.2) is 0 Å². The molecule has 0 fully saturated rings. The minimum absolute atomic E-state index is 0.0574. The third-order valence-corrected chi connectivity index (χ3v) is 4.03. The average molecular weight is 340 g/mol. The van der Waals surface area contributed by atoms with Crippen LogP contribution in [0.15, 0.2) is 65.1 Å². The molecule has 1 aromatic heterocycles.